The second-order valence-corrected chi connectivity index (χ2v) is 15.4. The van der Waals surface area contributed by atoms with Crippen molar-refractivity contribution in [3.8, 4) is 23.1 Å². The third-order valence-electron chi connectivity index (χ3n) is 8.95. The summed E-state index contributed by atoms with van der Waals surface area (Å²) in [5, 5.41) is 19.3. The van der Waals surface area contributed by atoms with Gasteiger partial charge < -0.3 is 15.2 Å². The van der Waals surface area contributed by atoms with Gasteiger partial charge in [-0.05, 0) is 53.9 Å². The van der Waals surface area contributed by atoms with Crippen LogP contribution in [0.1, 0.15) is 39.9 Å². The van der Waals surface area contributed by atoms with Crippen LogP contribution in [-0.4, -0.2) is 84.3 Å². The molecular formula is C37H41Cl2N5O4S. The molecule has 4 aromatic rings. The minimum Gasteiger partial charge on any atom is -0.394 e. The Morgan fingerprint density at radius 3 is 2.43 bits per heavy atom. The largest absolute Gasteiger partial charge is 0.394 e. The number of hydrogen-bond acceptors (Lipinski definition) is 7. The van der Waals surface area contributed by atoms with Crippen LogP contribution in [0.25, 0.3) is 11.3 Å². The maximum Gasteiger partial charge on any atom is 0.211 e. The van der Waals surface area contributed by atoms with E-state index in [1.54, 1.807) is 0 Å². The van der Waals surface area contributed by atoms with Crippen LogP contribution in [0.4, 0.5) is 0 Å². The summed E-state index contributed by atoms with van der Waals surface area (Å²) in [5.41, 5.74) is 7.47. The Bertz CT molecular complexity index is 1920. The van der Waals surface area contributed by atoms with Crippen LogP contribution in [0.3, 0.4) is 0 Å². The number of halogens is 2. The minimum atomic E-state index is -3.37. The van der Waals surface area contributed by atoms with E-state index in [4.69, 9.17) is 33.0 Å². The van der Waals surface area contributed by atoms with Gasteiger partial charge in [-0.15, -0.1) is 0 Å². The van der Waals surface area contributed by atoms with Gasteiger partial charge in [0.05, 0.1) is 36.3 Å². The Morgan fingerprint density at radius 1 is 0.980 bits per heavy atom. The molecule has 258 valence electrons. The average Bonchev–Trinajstić information content (AvgIpc) is 3.47. The maximum absolute atomic E-state index is 12.5. The van der Waals surface area contributed by atoms with Crippen LogP contribution in [0.15, 0.2) is 66.7 Å². The molecule has 0 aliphatic carbocycles. The fourth-order valence-corrected chi connectivity index (χ4v) is 7.35. The van der Waals surface area contributed by atoms with Crippen molar-refractivity contribution in [1.29, 1.82) is 0 Å². The summed E-state index contributed by atoms with van der Waals surface area (Å²) in [6, 6.07) is 21.6. The van der Waals surface area contributed by atoms with Gasteiger partial charge in [0.25, 0.3) is 0 Å². The fourth-order valence-electron chi connectivity index (χ4n) is 6.27. The number of sulfonamides is 1. The van der Waals surface area contributed by atoms with Gasteiger partial charge in [-0.2, -0.15) is 9.40 Å². The van der Waals surface area contributed by atoms with Crippen molar-refractivity contribution in [3.63, 3.8) is 0 Å². The molecule has 1 unspecified atom stereocenters. The van der Waals surface area contributed by atoms with Gasteiger partial charge >= 0.3 is 0 Å². The van der Waals surface area contributed by atoms with Gasteiger partial charge in [-0.3, -0.25) is 9.58 Å². The van der Waals surface area contributed by atoms with E-state index < -0.39 is 10.0 Å². The molecule has 0 radical (unpaired) electrons. The molecular weight excluding hydrogens is 681 g/mol. The summed E-state index contributed by atoms with van der Waals surface area (Å²) in [6.07, 6.45) is 2.57. The number of aliphatic hydroxyl groups excluding tert-OH is 1. The van der Waals surface area contributed by atoms with E-state index in [0.29, 0.717) is 43.2 Å². The molecule has 0 saturated carbocycles. The zero-order chi connectivity index (χ0) is 34.4. The SMILES string of the molecule is CS(=O)(=O)N1CCc2c(c(-c3ccc(Cl)c(C#Cc4ccc(CNCc5ccc(Cl)cc5)cc4)c3)nn2CCCN2CCOC(CO)C2)C1. The van der Waals surface area contributed by atoms with E-state index >= 15 is 0 Å². The van der Waals surface area contributed by atoms with Gasteiger partial charge in [0.2, 0.25) is 10.0 Å². The van der Waals surface area contributed by atoms with E-state index in [2.05, 4.69) is 34.2 Å². The van der Waals surface area contributed by atoms with Crippen LogP contribution in [0.2, 0.25) is 10.0 Å². The van der Waals surface area contributed by atoms with Crippen molar-refractivity contribution >= 4 is 33.2 Å². The lowest BCUT2D eigenvalue weighted by atomic mass is 10.0. The quantitative estimate of drug-likeness (QED) is 0.212. The first kappa shape index (κ1) is 35.6. The van der Waals surface area contributed by atoms with Crippen molar-refractivity contribution in [2.75, 3.05) is 45.6 Å². The lowest BCUT2D eigenvalue weighted by molar-refractivity contribution is -0.0530. The predicted octanol–water partition coefficient (Wildman–Crippen LogP) is 4.95. The number of aliphatic hydroxyl groups is 1. The number of nitrogens with zero attached hydrogens (tertiary/aromatic N) is 4. The van der Waals surface area contributed by atoms with E-state index in [9.17, 15) is 13.5 Å². The first-order valence-corrected chi connectivity index (χ1v) is 19.1. The van der Waals surface area contributed by atoms with Crippen LogP contribution in [0.5, 0.6) is 0 Å². The highest BCUT2D eigenvalue weighted by Gasteiger charge is 2.30. The van der Waals surface area contributed by atoms with Gasteiger partial charge in [-0.1, -0.05) is 65.4 Å². The number of hydrogen-bond donors (Lipinski definition) is 2. The number of morpholine rings is 1. The van der Waals surface area contributed by atoms with Crippen molar-refractivity contribution in [2.45, 2.75) is 45.1 Å². The van der Waals surface area contributed by atoms with E-state index in [0.717, 1.165) is 71.3 Å². The maximum atomic E-state index is 12.5. The van der Waals surface area contributed by atoms with Crippen molar-refractivity contribution in [3.05, 3.63) is 110 Å². The fraction of sp³-hybridized carbons (Fsp3) is 0.378. The highest BCUT2D eigenvalue weighted by atomic mass is 35.5. The predicted molar refractivity (Wildman–Crippen MR) is 194 cm³/mol. The monoisotopic (exact) mass is 721 g/mol. The highest BCUT2D eigenvalue weighted by Crippen LogP contribution is 2.33. The summed E-state index contributed by atoms with van der Waals surface area (Å²) in [6.45, 7) is 5.93. The Morgan fingerprint density at radius 2 is 1.71 bits per heavy atom. The second kappa shape index (κ2) is 16.2. The van der Waals surface area contributed by atoms with Crippen LogP contribution in [-0.2, 0) is 47.4 Å². The second-order valence-electron chi connectivity index (χ2n) is 12.5. The molecule has 12 heteroatoms. The Kier molecular flexibility index (Phi) is 11.8. The standard InChI is InChI=1S/C37H41Cl2N5O4S/c1-49(46,47)43-18-15-36-34(25-43)37(41-44(36)17-2-16-42-19-20-48-33(24-42)26-45)31-11-14-35(39)30(21-31)10-7-27-3-5-28(6-4-27)22-40-23-29-8-12-32(38)13-9-29/h3-6,8-9,11-14,21,33,40,45H,2,15-20,22-26H2,1H3. The van der Waals surface area contributed by atoms with E-state index in [-0.39, 0.29) is 19.3 Å². The first-order valence-electron chi connectivity index (χ1n) is 16.5. The van der Waals surface area contributed by atoms with Gasteiger partial charge in [-0.25, -0.2) is 8.42 Å². The molecule has 6 rings (SSSR count). The van der Waals surface area contributed by atoms with Gasteiger partial charge in [0.1, 0.15) is 0 Å². The molecule has 1 fully saturated rings. The molecule has 2 aliphatic rings. The molecule has 0 amide bonds. The van der Waals surface area contributed by atoms with Gasteiger partial charge in [0, 0.05) is 91.7 Å². The summed E-state index contributed by atoms with van der Waals surface area (Å²) in [4.78, 5) is 2.31. The van der Waals surface area contributed by atoms with E-state index in [1.807, 2.05) is 59.3 Å². The molecule has 1 saturated heterocycles. The molecule has 9 nitrogen and oxygen atoms in total. The van der Waals surface area contributed by atoms with Crippen molar-refractivity contribution < 1.29 is 18.3 Å². The lowest BCUT2D eigenvalue weighted by Crippen LogP contribution is -2.44. The molecule has 1 aromatic heterocycles. The van der Waals surface area contributed by atoms with Crippen LogP contribution < -0.4 is 5.32 Å². The molecule has 3 aromatic carbocycles. The number of benzene rings is 3. The van der Waals surface area contributed by atoms with E-state index in [1.165, 1.54) is 16.1 Å². The Labute approximate surface area is 298 Å². The summed E-state index contributed by atoms with van der Waals surface area (Å²) >= 11 is 12.6. The van der Waals surface area contributed by atoms with Gasteiger partial charge in [0.15, 0.2) is 0 Å². The first-order chi connectivity index (χ1) is 23.7. The minimum absolute atomic E-state index is 0.0211. The number of aryl methyl sites for hydroxylation is 1. The average molecular weight is 723 g/mol. The summed E-state index contributed by atoms with van der Waals surface area (Å²) < 4.78 is 34.2. The molecule has 0 bridgehead atoms. The normalized spacial score (nSPS) is 17.0. The van der Waals surface area contributed by atoms with Crippen molar-refractivity contribution in [1.82, 2.24) is 24.3 Å². The smallest absolute Gasteiger partial charge is 0.211 e. The molecule has 49 heavy (non-hydrogen) atoms. The zero-order valence-corrected chi connectivity index (χ0v) is 29.9. The number of aromatic nitrogens is 2. The van der Waals surface area contributed by atoms with Crippen LogP contribution in [0, 0.1) is 11.8 Å². The summed E-state index contributed by atoms with van der Waals surface area (Å²) in [5.74, 6) is 6.49. The van der Waals surface area contributed by atoms with Crippen molar-refractivity contribution in [2.24, 2.45) is 0 Å². The number of fused-ring (bicyclic) bond motifs is 1. The number of nitrogens with one attached hydrogen (secondary N) is 1. The third kappa shape index (κ3) is 9.31. The molecule has 0 spiro atoms. The van der Waals surface area contributed by atoms with Crippen LogP contribution >= 0.6 is 23.2 Å². The third-order valence-corrected chi connectivity index (χ3v) is 10.8. The summed E-state index contributed by atoms with van der Waals surface area (Å²) in [7, 11) is -3.37. The Balaban J connectivity index is 1.17. The number of rotatable bonds is 11. The molecule has 3 heterocycles. The lowest BCUT2D eigenvalue weighted by Gasteiger charge is -2.32. The number of ether oxygens (including phenoxy) is 1. The molecule has 2 aliphatic heterocycles. The zero-order valence-electron chi connectivity index (χ0n) is 27.5. The molecule has 1 atom stereocenters. The molecule has 2 N–H and O–H groups in total. The Hall–Kier alpha value is -3.24. The highest BCUT2D eigenvalue weighted by molar-refractivity contribution is 7.88. The topological polar surface area (TPSA) is 99.9 Å².